The number of amides is 1. The van der Waals surface area contributed by atoms with Gasteiger partial charge in [-0.15, -0.1) is 0 Å². The zero-order valence-electron chi connectivity index (χ0n) is 26.9. The van der Waals surface area contributed by atoms with Crippen LogP contribution in [-0.4, -0.2) is 65.0 Å². The number of methoxy groups -OCH3 is 1. The Morgan fingerprint density at radius 3 is 2.55 bits per heavy atom. The molecule has 2 aromatic heterocycles. The number of aromatic nitrogens is 2. The highest BCUT2D eigenvalue weighted by Gasteiger charge is 2.46. The van der Waals surface area contributed by atoms with E-state index in [2.05, 4.69) is 20.9 Å². The lowest BCUT2D eigenvalue weighted by molar-refractivity contribution is -0.137. The number of likely N-dealkylation sites (tertiary alicyclic amines) is 2. The summed E-state index contributed by atoms with van der Waals surface area (Å²) >= 11 is 0. The molecule has 8 nitrogen and oxygen atoms in total. The van der Waals surface area contributed by atoms with Crippen LogP contribution in [0.3, 0.4) is 0 Å². The van der Waals surface area contributed by atoms with E-state index in [-0.39, 0.29) is 11.7 Å². The van der Waals surface area contributed by atoms with Crippen LogP contribution in [0.25, 0.3) is 11.0 Å². The summed E-state index contributed by atoms with van der Waals surface area (Å²) in [4.78, 5) is 29.6. The first-order valence-electron chi connectivity index (χ1n) is 16.6. The maximum Gasteiger partial charge on any atom is 0.229 e. The highest BCUT2D eigenvalue weighted by molar-refractivity contribution is 5.85. The van der Waals surface area contributed by atoms with Crippen molar-refractivity contribution in [2.75, 3.05) is 38.2 Å². The van der Waals surface area contributed by atoms with Crippen LogP contribution in [0.1, 0.15) is 42.4 Å². The van der Waals surface area contributed by atoms with Gasteiger partial charge in [0.05, 0.1) is 36.1 Å². The van der Waals surface area contributed by atoms with Crippen molar-refractivity contribution in [3.05, 3.63) is 114 Å². The van der Waals surface area contributed by atoms with E-state index < -0.39 is 5.41 Å². The molecular weight excluding hydrogens is 593 g/mol. The number of ether oxygens (including phenoxy) is 1. The molecule has 7 rings (SSSR count). The predicted molar refractivity (Wildman–Crippen MR) is 181 cm³/mol. The standard InChI is InChI=1S/C38H42FN5O3/c1-46-35-9-5-2-6-30(35)26-43-22-18-38(36(43)45,24-28-10-12-31(39)13-11-28)17-21-42-19-14-32(15-20-42)44(25-29-16-23-47-27-29)37-40-33-7-3-4-8-34(33)41-37/h2-13,16,23,27,32H,14-15,17-22,24-26H2,1H3,(H,40,41). The van der Waals surface area contributed by atoms with Crippen LogP contribution in [-0.2, 0) is 24.3 Å². The first-order chi connectivity index (χ1) is 23.0. The van der Waals surface area contributed by atoms with Crippen molar-refractivity contribution in [1.82, 2.24) is 19.8 Å². The van der Waals surface area contributed by atoms with Crippen LogP contribution >= 0.6 is 0 Å². The van der Waals surface area contributed by atoms with Crippen LogP contribution in [0.2, 0.25) is 0 Å². The number of rotatable bonds is 12. The number of para-hydroxylation sites is 3. The summed E-state index contributed by atoms with van der Waals surface area (Å²) in [6.07, 6.45) is 7.66. The molecule has 1 amide bonds. The number of nitrogens with zero attached hydrogens (tertiary/aromatic N) is 4. The summed E-state index contributed by atoms with van der Waals surface area (Å²) < 4.78 is 24.8. The van der Waals surface area contributed by atoms with Gasteiger partial charge in [-0.05, 0) is 80.6 Å². The third kappa shape index (κ3) is 6.76. The van der Waals surface area contributed by atoms with E-state index in [1.54, 1.807) is 19.6 Å². The smallest absolute Gasteiger partial charge is 0.229 e. The van der Waals surface area contributed by atoms with Crippen molar-refractivity contribution in [3.8, 4) is 5.75 Å². The summed E-state index contributed by atoms with van der Waals surface area (Å²) in [6, 6.07) is 25.0. The second kappa shape index (κ2) is 13.6. The summed E-state index contributed by atoms with van der Waals surface area (Å²) in [5, 5.41) is 0. The van der Waals surface area contributed by atoms with Crippen LogP contribution in [0.5, 0.6) is 5.75 Å². The monoisotopic (exact) mass is 635 g/mol. The lowest BCUT2D eigenvalue weighted by atomic mass is 9.77. The summed E-state index contributed by atoms with van der Waals surface area (Å²) in [6.45, 7) is 4.66. The number of carbonyl (C=O) groups is 1. The fourth-order valence-corrected chi connectivity index (χ4v) is 7.42. The molecule has 0 saturated carbocycles. The molecule has 9 heteroatoms. The Bertz CT molecular complexity index is 1750. The van der Waals surface area contributed by atoms with Crippen LogP contribution in [0.15, 0.2) is 95.8 Å². The molecule has 5 aromatic rings. The topological polar surface area (TPSA) is 77.8 Å². The number of fused-ring (bicyclic) bond motifs is 1. The Kier molecular flexibility index (Phi) is 8.98. The number of hydrogen-bond acceptors (Lipinski definition) is 6. The van der Waals surface area contributed by atoms with Gasteiger partial charge in [-0.3, -0.25) is 4.79 Å². The Labute approximate surface area is 275 Å². The van der Waals surface area contributed by atoms with Gasteiger partial charge in [0.1, 0.15) is 11.6 Å². The zero-order chi connectivity index (χ0) is 32.2. The average Bonchev–Trinajstić information content (AvgIpc) is 3.85. The number of halogens is 1. The van der Waals surface area contributed by atoms with Gasteiger partial charge in [-0.2, -0.15) is 0 Å². The van der Waals surface area contributed by atoms with Gasteiger partial charge in [0.2, 0.25) is 11.9 Å². The fourth-order valence-electron chi connectivity index (χ4n) is 7.42. The number of furan rings is 1. The maximum absolute atomic E-state index is 14.3. The van der Waals surface area contributed by atoms with Crippen molar-refractivity contribution in [2.45, 2.75) is 51.2 Å². The van der Waals surface area contributed by atoms with E-state index in [4.69, 9.17) is 14.1 Å². The Balaban J connectivity index is 1.04. The molecule has 2 fully saturated rings. The first kappa shape index (κ1) is 31.0. The number of nitrogens with one attached hydrogen (secondary N) is 1. The van der Waals surface area contributed by atoms with Gasteiger partial charge in [0, 0.05) is 49.9 Å². The Hall–Kier alpha value is -4.63. The molecule has 1 N–H and O–H groups in total. The van der Waals surface area contributed by atoms with Crippen molar-refractivity contribution >= 4 is 22.9 Å². The molecule has 2 aliphatic rings. The van der Waals surface area contributed by atoms with E-state index in [0.29, 0.717) is 25.6 Å². The van der Waals surface area contributed by atoms with E-state index >= 15 is 0 Å². The zero-order valence-corrected chi connectivity index (χ0v) is 26.9. The molecule has 1 atom stereocenters. The lowest BCUT2D eigenvalue weighted by Crippen LogP contribution is -2.46. The number of hydrogen-bond donors (Lipinski definition) is 1. The minimum atomic E-state index is -0.529. The van der Waals surface area contributed by atoms with Crippen LogP contribution in [0, 0.1) is 11.2 Å². The van der Waals surface area contributed by atoms with Crippen molar-refractivity contribution in [3.63, 3.8) is 0 Å². The summed E-state index contributed by atoms with van der Waals surface area (Å²) in [5.74, 6) is 1.60. The molecule has 47 heavy (non-hydrogen) atoms. The normalized spacial score (nSPS) is 19.1. The molecule has 0 aliphatic carbocycles. The number of aromatic amines is 1. The lowest BCUT2D eigenvalue weighted by Gasteiger charge is -2.39. The second-order valence-corrected chi connectivity index (χ2v) is 13.0. The quantitative estimate of drug-likeness (QED) is 0.162. The number of benzene rings is 3. The molecular formula is C38H42FN5O3. The minimum Gasteiger partial charge on any atom is -0.496 e. The van der Waals surface area contributed by atoms with Gasteiger partial charge >= 0.3 is 0 Å². The molecule has 244 valence electrons. The molecule has 0 radical (unpaired) electrons. The van der Waals surface area contributed by atoms with E-state index in [0.717, 1.165) is 91.3 Å². The third-order valence-corrected chi connectivity index (χ3v) is 10.1. The highest BCUT2D eigenvalue weighted by atomic mass is 19.1. The number of piperidine rings is 1. The molecule has 3 aromatic carbocycles. The highest BCUT2D eigenvalue weighted by Crippen LogP contribution is 2.41. The Morgan fingerprint density at radius 2 is 1.79 bits per heavy atom. The third-order valence-electron chi connectivity index (χ3n) is 10.1. The van der Waals surface area contributed by atoms with E-state index in [1.165, 1.54) is 12.1 Å². The van der Waals surface area contributed by atoms with Crippen molar-refractivity contribution in [1.29, 1.82) is 0 Å². The average molecular weight is 636 g/mol. The van der Waals surface area contributed by atoms with Crippen LogP contribution < -0.4 is 9.64 Å². The van der Waals surface area contributed by atoms with Crippen LogP contribution in [0.4, 0.5) is 10.3 Å². The Morgan fingerprint density at radius 1 is 1.00 bits per heavy atom. The van der Waals surface area contributed by atoms with E-state index in [1.807, 2.05) is 65.6 Å². The number of carbonyl (C=O) groups excluding carboxylic acids is 1. The predicted octanol–water partition coefficient (Wildman–Crippen LogP) is 6.83. The molecule has 4 heterocycles. The molecule has 2 saturated heterocycles. The van der Waals surface area contributed by atoms with E-state index in [9.17, 15) is 9.18 Å². The number of anilines is 1. The van der Waals surface area contributed by atoms with Crippen molar-refractivity contribution < 1.29 is 18.3 Å². The SMILES string of the molecule is COc1ccccc1CN1CCC(CCN2CCC(N(Cc3ccoc3)c3nc4ccccc4[nH]3)CC2)(Cc2ccc(F)cc2)C1=O. The van der Waals surface area contributed by atoms with Gasteiger partial charge in [-0.25, -0.2) is 9.37 Å². The summed E-state index contributed by atoms with van der Waals surface area (Å²) in [5.41, 5.74) is 4.59. The van der Waals surface area contributed by atoms with Gasteiger partial charge < -0.3 is 28.8 Å². The molecule has 1 unspecified atom stereocenters. The largest absolute Gasteiger partial charge is 0.496 e. The first-order valence-corrected chi connectivity index (χ1v) is 16.6. The number of H-pyrrole nitrogens is 1. The molecule has 2 aliphatic heterocycles. The van der Waals surface area contributed by atoms with Crippen molar-refractivity contribution in [2.24, 2.45) is 5.41 Å². The fraction of sp³-hybridized carbons (Fsp3) is 0.368. The minimum absolute atomic E-state index is 0.179. The van der Waals surface area contributed by atoms with Gasteiger partial charge in [-0.1, -0.05) is 42.5 Å². The maximum atomic E-state index is 14.3. The molecule has 0 spiro atoms. The number of imidazole rings is 1. The van der Waals surface area contributed by atoms with Gasteiger partial charge in [0.15, 0.2) is 0 Å². The molecule has 0 bridgehead atoms. The second-order valence-electron chi connectivity index (χ2n) is 13.0. The van der Waals surface area contributed by atoms with Gasteiger partial charge in [0.25, 0.3) is 0 Å². The summed E-state index contributed by atoms with van der Waals surface area (Å²) in [7, 11) is 1.67.